The van der Waals surface area contributed by atoms with Gasteiger partial charge in [-0.05, 0) is 49.7 Å². The van der Waals surface area contributed by atoms with Gasteiger partial charge < -0.3 is 0 Å². The van der Waals surface area contributed by atoms with E-state index < -0.39 is 0 Å². The molecule has 0 bridgehead atoms. The van der Waals surface area contributed by atoms with Crippen molar-refractivity contribution in [3.63, 3.8) is 0 Å². The normalized spacial score (nSPS) is 22.8. The van der Waals surface area contributed by atoms with Gasteiger partial charge in [0.25, 0.3) is 0 Å². The summed E-state index contributed by atoms with van der Waals surface area (Å²) in [6.45, 7) is 18.7. The van der Waals surface area contributed by atoms with Gasteiger partial charge in [-0.3, -0.25) is 0 Å². The number of hydrogen-bond acceptors (Lipinski definition) is 0. The molecule has 1 fully saturated rings. The standard InChI is InChI=1S/2C10H14.C8H20N2.2CH4/c2*1-3-9(2)10-7-5-4-6-8-10;1-5-9(3)7-10(4,6-2)8-9;;/h2*4-9H,3H2,1-2H3;5-8H2,1-4H3;2*1H4/q;;+2;;. The molecule has 2 aromatic rings. The molecule has 2 nitrogen and oxygen atoms in total. The smallest absolute Gasteiger partial charge is 0.215 e. The lowest BCUT2D eigenvalue weighted by Crippen LogP contribution is -2.75. The number of quaternary nitrogens is 2. The second-order valence-electron chi connectivity index (χ2n) is 9.59. The number of hydrogen-bond donors (Lipinski definition) is 0. The van der Waals surface area contributed by atoms with Crippen LogP contribution in [0.15, 0.2) is 60.7 Å². The van der Waals surface area contributed by atoms with Gasteiger partial charge in [-0.25, -0.2) is 8.97 Å². The molecule has 2 aromatic carbocycles. The van der Waals surface area contributed by atoms with Crippen LogP contribution < -0.4 is 0 Å². The molecule has 0 saturated carbocycles. The van der Waals surface area contributed by atoms with E-state index in [1.807, 2.05) is 0 Å². The van der Waals surface area contributed by atoms with Crippen molar-refractivity contribution in [2.75, 3.05) is 40.5 Å². The Labute approximate surface area is 202 Å². The number of rotatable bonds is 6. The van der Waals surface area contributed by atoms with Crippen molar-refractivity contribution in [1.29, 1.82) is 0 Å². The van der Waals surface area contributed by atoms with Crippen LogP contribution in [0.2, 0.25) is 0 Å². The molecule has 1 aliphatic rings. The van der Waals surface area contributed by atoms with E-state index in [0.717, 1.165) is 0 Å². The summed E-state index contributed by atoms with van der Waals surface area (Å²) >= 11 is 0. The zero-order valence-electron chi connectivity index (χ0n) is 21.1. The van der Waals surface area contributed by atoms with Crippen molar-refractivity contribution in [3.8, 4) is 0 Å². The maximum atomic E-state index is 2.34. The second kappa shape index (κ2) is 16.0. The van der Waals surface area contributed by atoms with Crippen LogP contribution in [0, 0.1) is 0 Å². The van der Waals surface area contributed by atoms with Gasteiger partial charge in [-0.2, -0.15) is 0 Å². The van der Waals surface area contributed by atoms with E-state index in [1.54, 1.807) is 0 Å². The van der Waals surface area contributed by atoms with Crippen LogP contribution >= 0.6 is 0 Å². The molecule has 1 heterocycles. The van der Waals surface area contributed by atoms with Crippen molar-refractivity contribution in [1.82, 2.24) is 0 Å². The Morgan fingerprint density at radius 3 is 1.09 bits per heavy atom. The third-order valence-electron chi connectivity index (χ3n) is 6.85. The van der Waals surface area contributed by atoms with Crippen molar-refractivity contribution in [3.05, 3.63) is 71.8 Å². The summed E-state index contributed by atoms with van der Waals surface area (Å²) < 4.78 is 2.54. The fourth-order valence-electron chi connectivity index (χ4n) is 4.04. The third kappa shape index (κ3) is 10.8. The first-order valence-electron chi connectivity index (χ1n) is 12.0. The molecule has 0 aromatic heterocycles. The van der Waals surface area contributed by atoms with Gasteiger partial charge in [0.2, 0.25) is 13.3 Å². The molecule has 1 saturated heterocycles. The van der Waals surface area contributed by atoms with Crippen LogP contribution in [0.25, 0.3) is 0 Å². The summed E-state index contributed by atoms with van der Waals surface area (Å²) in [6, 6.07) is 21.3. The Hall–Kier alpha value is -1.64. The molecule has 0 amide bonds. The van der Waals surface area contributed by atoms with E-state index in [0.29, 0.717) is 11.8 Å². The van der Waals surface area contributed by atoms with Gasteiger partial charge in [0, 0.05) is 0 Å². The highest BCUT2D eigenvalue weighted by atomic mass is 15.7. The summed E-state index contributed by atoms with van der Waals surface area (Å²) in [7, 11) is 4.69. The minimum Gasteiger partial charge on any atom is -0.234 e. The van der Waals surface area contributed by atoms with Crippen molar-refractivity contribution in [2.45, 2.75) is 81.1 Å². The molecular formula is C30H56N2+2. The molecule has 184 valence electrons. The summed E-state index contributed by atoms with van der Waals surface area (Å²) in [5.41, 5.74) is 2.90. The van der Waals surface area contributed by atoms with Crippen molar-refractivity contribution in [2.24, 2.45) is 0 Å². The molecule has 0 radical (unpaired) electrons. The second-order valence-corrected chi connectivity index (χ2v) is 9.59. The highest BCUT2D eigenvalue weighted by molar-refractivity contribution is 5.19. The van der Waals surface area contributed by atoms with Crippen LogP contribution in [0.3, 0.4) is 0 Å². The molecule has 2 atom stereocenters. The van der Waals surface area contributed by atoms with Gasteiger partial charge >= 0.3 is 0 Å². The maximum Gasteiger partial charge on any atom is 0.215 e. The summed E-state index contributed by atoms with van der Waals surface area (Å²) in [5, 5.41) is 0. The third-order valence-corrected chi connectivity index (χ3v) is 6.85. The molecule has 0 spiro atoms. The van der Waals surface area contributed by atoms with Gasteiger partial charge in [0.15, 0.2) is 0 Å². The molecule has 1 aliphatic heterocycles. The lowest BCUT2D eigenvalue weighted by Gasteiger charge is -2.53. The molecule has 2 unspecified atom stereocenters. The average Bonchev–Trinajstić information content (AvgIpc) is 2.79. The van der Waals surface area contributed by atoms with Gasteiger partial charge in [-0.1, -0.05) is 103 Å². The largest absolute Gasteiger partial charge is 0.234 e. The molecule has 3 rings (SSSR count). The maximum absolute atomic E-state index is 2.34. The van der Waals surface area contributed by atoms with E-state index in [1.165, 1.54) is 59.4 Å². The summed E-state index contributed by atoms with van der Waals surface area (Å²) in [5.74, 6) is 1.42. The quantitative estimate of drug-likeness (QED) is 0.392. The van der Waals surface area contributed by atoms with Crippen LogP contribution in [0.1, 0.15) is 92.2 Å². The highest BCUT2D eigenvalue weighted by Gasteiger charge is 2.47. The predicted octanol–water partition coefficient (Wildman–Crippen LogP) is 8.52. The van der Waals surface area contributed by atoms with Crippen molar-refractivity contribution >= 4 is 0 Å². The zero-order valence-corrected chi connectivity index (χ0v) is 21.1. The number of benzene rings is 2. The van der Waals surface area contributed by atoms with E-state index in [-0.39, 0.29) is 14.9 Å². The lowest BCUT2D eigenvalue weighted by molar-refractivity contribution is -1.25. The average molecular weight is 445 g/mol. The number of nitrogens with zero attached hydrogens (tertiary/aromatic N) is 2. The molecular weight excluding hydrogens is 388 g/mol. The first-order chi connectivity index (χ1) is 14.2. The fraction of sp³-hybridized carbons (Fsp3) is 0.600. The van der Waals surface area contributed by atoms with Gasteiger partial charge in [-0.15, -0.1) is 0 Å². The lowest BCUT2D eigenvalue weighted by atomic mass is 9.99. The summed E-state index contributed by atoms with van der Waals surface area (Å²) in [6.07, 6.45) is 2.45. The predicted molar refractivity (Wildman–Crippen MR) is 147 cm³/mol. The zero-order chi connectivity index (χ0) is 22.6. The van der Waals surface area contributed by atoms with Gasteiger partial charge in [0.1, 0.15) is 0 Å². The first-order valence-corrected chi connectivity index (χ1v) is 12.0. The van der Waals surface area contributed by atoms with E-state index in [2.05, 4.69) is 116 Å². The van der Waals surface area contributed by atoms with E-state index in [4.69, 9.17) is 0 Å². The monoisotopic (exact) mass is 444 g/mol. The molecule has 32 heavy (non-hydrogen) atoms. The fourth-order valence-corrected chi connectivity index (χ4v) is 4.04. The molecule has 0 N–H and O–H groups in total. The van der Waals surface area contributed by atoms with Crippen molar-refractivity contribution < 1.29 is 8.97 Å². The Bertz CT molecular complexity index is 615. The van der Waals surface area contributed by atoms with Crippen LogP contribution in [-0.4, -0.2) is 49.5 Å². The molecule has 0 aliphatic carbocycles. The Balaban J connectivity index is 0. The van der Waals surface area contributed by atoms with E-state index in [9.17, 15) is 0 Å². The Morgan fingerprint density at radius 1 is 0.594 bits per heavy atom. The minimum atomic E-state index is 0. The van der Waals surface area contributed by atoms with Crippen LogP contribution in [0.5, 0.6) is 0 Å². The highest BCUT2D eigenvalue weighted by Crippen LogP contribution is 2.24. The SMILES string of the molecule is C.C.CCC(C)c1ccccc1.CCC(C)c1ccccc1.CC[N+]1(C)C[N+](C)(CC)C1. The van der Waals surface area contributed by atoms with Crippen LogP contribution in [-0.2, 0) is 0 Å². The van der Waals surface area contributed by atoms with Gasteiger partial charge in [0.05, 0.1) is 27.2 Å². The summed E-state index contributed by atoms with van der Waals surface area (Å²) in [4.78, 5) is 0. The van der Waals surface area contributed by atoms with Crippen LogP contribution in [0.4, 0.5) is 0 Å². The molecule has 2 heteroatoms. The van der Waals surface area contributed by atoms with E-state index >= 15 is 0 Å². The Morgan fingerprint density at radius 2 is 0.875 bits per heavy atom. The first kappa shape index (κ1) is 32.5. The minimum absolute atomic E-state index is 0. The topological polar surface area (TPSA) is 0 Å². The Kier molecular flexibility index (Phi) is 16.3.